The molecule has 43 heavy (non-hydrogen) atoms. The van der Waals surface area contributed by atoms with Gasteiger partial charge in [-0.3, -0.25) is 4.79 Å². The Morgan fingerprint density at radius 3 is 2.30 bits per heavy atom. The van der Waals surface area contributed by atoms with E-state index in [1.165, 1.54) is 10.9 Å². The monoisotopic (exact) mass is 575 g/mol. The fraction of sp³-hybridized carbons (Fsp3) is 0.265. The van der Waals surface area contributed by atoms with Crippen LogP contribution in [-0.2, 0) is 30.6 Å². The van der Waals surface area contributed by atoms with E-state index in [1.807, 2.05) is 41.1 Å². The Kier molecular flexibility index (Phi) is 7.73. The zero-order chi connectivity index (χ0) is 30.0. The van der Waals surface area contributed by atoms with Crippen LogP contribution < -0.4 is 15.8 Å². The molecule has 220 valence electrons. The fourth-order valence-electron chi connectivity index (χ4n) is 5.66. The number of aromatic amines is 2. The van der Waals surface area contributed by atoms with Gasteiger partial charge in [-0.1, -0.05) is 48.5 Å². The van der Waals surface area contributed by atoms with Gasteiger partial charge in [0.1, 0.15) is 12.1 Å². The number of hydrogen-bond donors (Lipinski definition) is 4. The van der Waals surface area contributed by atoms with E-state index in [4.69, 9.17) is 10.5 Å². The highest BCUT2D eigenvalue weighted by Gasteiger charge is 2.28. The number of methoxy groups -OCH3 is 1. The summed E-state index contributed by atoms with van der Waals surface area (Å²) in [6, 6.07) is 22.3. The second kappa shape index (κ2) is 11.8. The van der Waals surface area contributed by atoms with Crippen LogP contribution in [-0.4, -0.2) is 43.3 Å². The van der Waals surface area contributed by atoms with Crippen molar-refractivity contribution in [2.24, 2.45) is 5.73 Å². The molecule has 5 N–H and O–H groups in total. The quantitative estimate of drug-likeness (QED) is 0.169. The maximum atomic E-state index is 13.1. The fourth-order valence-corrected chi connectivity index (χ4v) is 5.66. The van der Waals surface area contributed by atoms with Gasteiger partial charge >= 0.3 is 0 Å². The van der Waals surface area contributed by atoms with Crippen molar-refractivity contribution < 1.29 is 9.53 Å². The van der Waals surface area contributed by atoms with Gasteiger partial charge in [0, 0.05) is 40.6 Å². The van der Waals surface area contributed by atoms with Crippen molar-refractivity contribution in [3.05, 3.63) is 114 Å². The molecule has 6 rings (SSSR count). The van der Waals surface area contributed by atoms with E-state index >= 15 is 0 Å². The standard InChI is InChI=1S/C34H37N7O2/c1-34(2,35)33(42)39-30(17-25-19-37-29-11-7-5-9-27(25)29)32-40-38-21-41(32)20-22-12-15-31(43-3)23(16-22)13-14-24-18-36-28-10-6-4-8-26(24)28/h4-12,15-16,18-19,21,30,36-37H,13-14,17,20,35H2,1-3H3,(H,39,42). The van der Waals surface area contributed by atoms with E-state index in [0.29, 0.717) is 18.8 Å². The molecule has 9 heteroatoms. The van der Waals surface area contributed by atoms with Crippen LogP contribution in [0.1, 0.15) is 48.0 Å². The summed E-state index contributed by atoms with van der Waals surface area (Å²) in [5, 5.41) is 14.2. The molecule has 3 aromatic carbocycles. The number of nitrogens with one attached hydrogen (secondary N) is 3. The molecule has 9 nitrogen and oxygen atoms in total. The lowest BCUT2D eigenvalue weighted by molar-refractivity contribution is -0.126. The number of carbonyl (C=O) groups is 1. The van der Waals surface area contributed by atoms with Crippen molar-refractivity contribution in [3.8, 4) is 5.75 Å². The van der Waals surface area contributed by atoms with Gasteiger partial charge in [-0.2, -0.15) is 0 Å². The minimum absolute atomic E-state index is 0.254. The maximum absolute atomic E-state index is 13.1. The summed E-state index contributed by atoms with van der Waals surface area (Å²) in [6.07, 6.45) is 8.04. The Bertz CT molecular complexity index is 1870. The lowest BCUT2D eigenvalue weighted by Gasteiger charge is -2.24. The third-order valence-corrected chi connectivity index (χ3v) is 7.98. The van der Waals surface area contributed by atoms with Gasteiger partial charge in [-0.15, -0.1) is 10.2 Å². The largest absolute Gasteiger partial charge is 0.496 e. The number of H-pyrrole nitrogens is 2. The summed E-state index contributed by atoms with van der Waals surface area (Å²) >= 11 is 0. The number of rotatable bonds is 11. The summed E-state index contributed by atoms with van der Waals surface area (Å²) in [7, 11) is 1.71. The summed E-state index contributed by atoms with van der Waals surface area (Å²) in [5.74, 6) is 1.28. The number of aryl methyl sites for hydroxylation is 2. The smallest absolute Gasteiger partial charge is 0.240 e. The normalized spacial score (nSPS) is 12.6. The van der Waals surface area contributed by atoms with Crippen molar-refractivity contribution in [1.82, 2.24) is 30.0 Å². The lowest BCUT2D eigenvalue weighted by Crippen LogP contribution is -2.50. The zero-order valence-corrected chi connectivity index (χ0v) is 24.7. The molecule has 6 aromatic rings. The number of amides is 1. The number of nitrogens with zero attached hydrogens (tertiary/aromatic N) is 3. The molecule has 1 atom stereocenters. The highest BCUT2D eigenvalue weighted by atomic mass is 16.5. The molecule has 0 spiro atoms. The maximum Gasteiger partial charge on any atom is 0.240 e. The topological polar surface area (TPSA) is 127 Å². The van der Waals surface area contributed by atoms with Gasteiger partial charge in [-0.05, 0) is 67.1 Å². The third-order valence-electron chi connectivity index (χ3n) is 7.98. The predicted molar refractivity (Wildman–Crippen MR) is 169 cm³/mol. The van der Waals surface area contributed by atoms with Gasteiger partial charge in [0.2, 0.25) is 5.91 Å². The van der Waals surface area contributed by atoms with E-state index < -0.39 is 11.6 Å². The highest BCUT2D eigenvalue weighted by molar-refractivity contribution is 5.86. The molecular weight excluding hydrogens is 538 g/mol. The third kappa shape index (κ3) is 6.03. The number of nitrogens with two attached hydrogens (primary N) is 1. The van der Waals surface area contributed by atoms with Crippen LogP contribution in [0.25, 0.3) is 21.8 Å². The van der Waals surface area contributed by atoms with Crippen molar-refractivity contribution in [3.63, 3.8) is 0 Å². The first-order valence-corrected chi connectivity index (χ1v) is 14.5. The molecule has 0 saturated carbocycles. The molecule has 1 amide bonds. The number of para-hydroxylation sites is 2. The van der Waals surface area contributed by atoms with Crippen molar-refractivity contribution >= 4 is 27.7 Å². The second-order valence-electron chi connectivity index (χ2n) is 11.6. The molecule has 0 radical (unpaired) electrons. The first kappa shape index (κ1) is 28.2. The second-order valence-corrected chi connectivity index (χ2v) is 11.6. The van der Waals surface area contributed by atoms with E-state index in [0.717, 1.165) is 51.7 Å². The molecule has 0 bridgehead atoms. The van der Waals surface area contributed by atoms with Crippen LogP contribution in [0.15, 0.2) is 85.5 Å². The van der Waals surface area contributed by atoms with Crippen LogP contribution in [0.2, 0.25) is 0 Å². The van der Waals surface area contributed by atoms with Crippen LogP contribution >= 0.6 is 0 Å². The Hall–Kier alpha value is -4.89. The Morgan fingerprint density at radius 1 is 0.953 bits per heavy atom. The number of benzene rings is 3. The molecule has 0 aliphatic rings. The molecule has 0 saturated heterocycles. The van der Waals surface area contributed by atoms with E-state index in [9.17, 15) is 4.79 Å². The average Bonchev–Trinajstić information content (AvgIpc) is 3.74. The van der Waals surface area contributed by atoms with Gasteiger partial charge in [0.15, 0.2) is 5.82 Å². The summed E-state index contributed by atoms with van der Waals surface area (Å²) < 4.78 is 7.72. The van der Waals surface area contributed by atoms with Crippen molar-refractivity contribution in [1.29, 1.82) is 0 Å². The van der Waals surface area contributed by atoms with Crippen molar-refractivity contribution in [2.45, 2.75) is 51.2 Å². The minimum atomic E-state index is -1.04. The SMILES string of the molecule is COc1ccc(Cn2cnnc2C(Cc2c[nH]c3ccccc23)NC(=O)C(C)(C)N)cc1CCc1c[nH]c2ccccc12. The predicted octanol–water partition coefficient (Wildman–Crippen LogP) is 5.22. The molecule has 0 fully saturated rings. The van der Waals surface area contributed by atoms with E-state index in [-0.39, 0.29) is 5.91 Å². The first-order valence-electron chi connectivity index (χ1n) is 14.5. The van der Waals surface area contributed by atoms with Crippen molar-refractivity contribution in [2.75, 3.05) is 7.11 Å². The van der Waals surface area contributed by atoms with Gasteiger partial charge in [-0.25, -0.2) is 0 Å². The Labute approximate surface area is 250 Å². The number of carbonyl (C=O) groups excluding carboxylic acids is 1. The first-order chi connectivity index (χ1) is 20.8. The Balaban J connectivity index is 1.26. The van der Waals surface area contributed by atoms with Gasteiger partial charge < -0.3 is 30.3 Å². The number of hydrogen-bond acceptors (Lipinski definition) is 5. The van der Waals surface area contributed by atoms with Gasteiger partial charge in [0.25, 0.3) is 0 Å². The summed E-state index contributed by atoms with van der Waals surface area (Å²) in [6.45, 7) is 3.94. The summed E-state index contributed by atoms with van der Waals surface area (Å²) in [4.78, 5) is 19.8. The van der Waals surface area contributed by atoms with Crippen LogP contribution in [0.3, 0.4) is 0 Å². The van der Waals surface area contributed by atoms with Crippen LogP contribution in [0.4, 0.5) is 0 Å². The molecule has 3 heterocycles. The molecule has 0 aliphatic carbocycles. The van der Waals surface area contributed by atoms with E-state index in [1.54, 1.807) is 27.3 Å². The number of aromatic nitrogens is 5. The highest BCUT2D eigenvalue weighted by Crippen LogP contribution is 2.27. The zero-order valence-electron chi connectivity index (χ0n) is 24.7. The van der Waals surface area contributed by atoms with Crippen LogP contribution in [0, 0.1) is 0 Å². The lowest BCUT2D eigenvalue weighted by atomic mass is 10.0. The van der Waals surface area contributed by atoms with Crippen LogP contribution in [0.5, 0.6) is 5.75 Å². The molecular formula is C34H37N7O2. The van der Waals surface area contributed by atoms with E-state index in [2.05, 4.69) is 68.1 Å². The summed E-state index contributed by atoms with van der Waals surface area (Å²) in [5.41, 5.74) is 11.9. The molecule has 3 aromatic heterocycles. The number of fused-ring (bicyclic) bond motifs is 2. The number of ether oxygens (including phenoxy) is 1. The molecule has 1 unspecified atom stereocenters. The Morgan fingerprint density at radius 2 is 1.60 bits per heavy atom. The molecule has 0 aliphatic heterocycles. The minimum Gasteiger partial charge on any atom is -0.496 e. The average molecular weight is 576 g/mol. The van der Waals surface area contributed by atoms with Gasteiger partial charge in [0.05, 0.1) is 25.2 Å².